The predicted molar refractivity (Wildman–Crippen MR) is 127 cm³/mol. The van der Waals surface area contributed by atoms with Gasteiger partial charge in [0, 0.05) is 49.4 Å². The minimum atomic E-state index is -0.323. The van der Waals surface area contributed by atoms with Crippen LogP contribution in [0.4, 0.5) is 0 Å². The molecule has 0 aliphatic rings. The van der Waals surface area contributed by atoms with E-state index in [1.165, 1.54) is 9.36 Å². The molecule has 0 saturated carbocycles. The van der Waals surface area contributed by atoms with E-state index in [2.05, 4.69) is 25.6 Å². The Bertz CT molecular complexity index is 1420. The Morgan fingerprint density at radius 3 is 2.67 bits per heavy atom. The monoisotopic (exact) mass is 446 g/mol. The van der Waals surface area contributed by atoms with Crippen molar-refractivity contribution >= 4 is 22.6 Å². The molecular formula is C23H26N8O2. The molecule has 4 rings (SSSR count). The number of hydrogen-bond donors (Lipinski definition) is 0. The topological polar surface area (TPSA) is 104 Å². The Morgan fingerprint density at radius 1 is 1.12 bits per heavy atom. The summed E-state index contributed by atoms with van der Waals surface area (Å²) in [5.74, 6) is 0.494. The molecule has 0 bridgehead atoms. The van der Waals surface area contributed by atoms with Gasteiger partial charge in [-0.1, -0.05) is 19.1 Å². The first-order valence-corrected chi connectivity index (χ1v) is 10.6. The molecule has 0 amide bonds. The zero-order valence-electron chi connectivity index (χ0n) is 19.3. The molecule has 10 nitrogen and oxygen atoms in total. The molecule has 0 aliphatic carbocycles. The number of fused-ring (bicyclic) bond motifs is 1. The number of aryl methyl sites for hydroxylation is 3. The van der Waals surface area contributed by atoms with Gasteiger partial charge >= 0.3 is 5.69 Å². The fraction of sp³-hybridized carbons (Fsp3) is 0.304. The summed E-state index contributed by atoms with van der Waals surface area (Å²) in [5.41, 5.74) is 4.76. The highest BCUT2D eigenvalue weighted by Gasteiger charge is 2.14. The number of ether oxygens (including phenoxy) is 1. The fourth-order valence-electron chi connectivity index (χ4n) is 3.58. The van der Waals surface area contributed by atoms with Gasteiger partial charge in [-0.3, -0.25) is 0 Å². The Kier molecular flexibility index (Phi) is 6.16. The molecule has 3 aromatic heterocycles. The zero-order chi connectivity index (χ0) is 23.5. The first kappa shape index (κ1) is 22.1. The molecule has 0 saturated heterocycles. The second kappa shape index (κ2) is 9.19. The van der Waals surface area contributed by atoms with Gasteiger partial charge in [0.2, 0.25) is 5.90 Å². The Balaban J connectivity index is 1.59. The average molecular weight is 447 g/mol. The lowest BCUT2D eigenvalue weighted by Crippen LogP contribution is -2.23. The molecule has 0 radical (unpaired) electrons. The van der Waals surface area contributed by atoms with Crippen molar-refractivity contribution in [2.45, 2.75) is 33.8 Å². The molecule has 0 unspecified atom stereocenters. The number of rotatable bonds is 6. The number of nitrogens with zero attached hydrogens (tertiary/aromatic N) is 8. The van der Waals surface area contributed by atoms with Gasteiger partial charge in [-0.15, -0.1) is 5.10 Å². The smallest absolute Gasteiger partial charge is 0.368 e. The van der Waals surface area contributed by atoms with E-state index in [0.717, 1.165) is 33.4 Å². The van der Waals surface area contributed by atoms with Crippen LogP contribution in [0, 0.1) is 6.92 Å². The molecular weight excluding hydrogens is 420 g/mol. The van der Waals surface area contributed by atoms with Gasteiger partial charge in [0.25, 0.3) is 0 Å². The van der Waals surface area contributed by atoms with Crippen LogP contribution in [0.2, 0.25) is 0 Å². The quantitative estimate of drug-likeness (QED) is 0.257. The highest BCUT2D eigenvalue weighted by atomic mass is 16.5. The largest absolute Gasteiger partial charge is 0.475 e. The van der Waals surface area contributed by atoms with Crippen LogP contribution in [0.25, 0.3) is 16.7 Å². The van der Waals surface area contributed by atoms with Gasteiger partial charge < -0.3 is 9.30 Å². The van der Waals surface area contributed by atoms with Gasteiger partial charge in [0.05, 0.1) is 11.4 Å². The van der Waals surface area contributed by atoms with Gasteiger partial charge in [-0.25, -0.2) is 9.78 Å². The van der Waals surface area contributed by atoms with Crippen molar-refractivity contribution in [1.82, 2.24) is 29.3 Å². The summed E-state index contributed by atoms with van der Waals surface area (Å²) in [6.45, 7) is 6.06. The molecule has 3 heterocycles. The highest BCUT2D eigenvalue weighted by Crippen LogP contribution is 2.20. The van der Waals surface area contributed by atoms with Gasteiger partial charge in [0.1, 0.15) is 12.3 Å². The summed E-state index contributed by atoms with van der Waals surface area (Å²) >= 11 is 0. The van der Waals surface area contributed by atoms with E-state index in [1.807, 2.05) is 68.9 Å². The maximum atomic E-state index is 12.3. The highest BCUT2D eigenvalue weighted by molar-refractivity contribution is 6.09. The number of tetrazole rings is 1. The SMILES string of the molecule is CCC(=NN=C(C)c1cn(C)c2ncccc12)OCc1c(C)cccc1-n1nnn(C)c1=O. The lowest BCUT2D eigenvalue weighted by Gasteiger charge is -2.13. The van der Waals surface area contributed by atoms with E-state index >= 15 is 0 Å². The number of hydrogen-bond acceptors (Lipinski definition) is 7. The van der Waals surface area contributed by atoms with Crippen molar-refractivity contribution in [3.63, 3.8) is 0 Å². The van der Waals surface area contributed by atoms with E-state index in [1.54, 1.807) is 13.2 Å². The molecule has 1 aromatic carbocycles. The summed E-state index contributed by atoms with van der Waals surface area (Å²) in [7, 11) is 3.52. The van der Waals surface area contributed by atoms with Crippen LogP contribution in [0.1, 0.15) is 37.0 Å². The third-order valence-electron chi connectivity index (χ3n) is 5.46. The van der Waals surface area contributed by atoms with Crippen molar-refractivity contribution in [2.75, 3.05) is 0 Å². The Hall–Kier alpha value is -4.08. The standard InChI is InChI=1S/C23H26N8O2/c1-6-21(26-25-16(3)18-13-29(4)22-17(18)10-8-12-24-22)33-14-19-15(2)9-7-11-20(19)31-23(32)30(5)27-28-31/h7-13H,6,14H2,1-5H3. The maximum Gasteiger partial charge on any atom is 0.368 e. The average Bonchev–Trinajstić information content (AvgIpc) is 3.33. The third-order valence-corrected chi connectivity index (χ3v) is 5.46. The summed E-state index contributed by atoms with van der Waals surface area (Å²) in [6, 6.07) is 9.58. The van der Waals surface area contributed by atoms with E-state index in [0.29, 0.717) is 18.0 Å². The van der Waals surface area contributed by atoms with E-state index in [9.17, 15) is 4.79 Å². The van der Waals surface area contributed by atoms with Crippen LogP contribution in [0.5, 0.6) is 0 Å². The molecule has 4 aromatic rings. The number of aromatic nitrogens is 6. The predicted octanol–water partition coefficient (Wildman–Crippen LogP) is 2.91. The van der Waals surface area contributed by atoms with E-state index in [4.69, 9.17) is 4.74 Å². The van der Waals surface area contributed by atoms with E-state index in [-0.39, 0.29) is 12.3 Å². The van der Waals surface area contributed by atoms with Crippen LogP contribution in [-0.4, -0.2) is 41.0 Å². The van der Waals surface area contributed by atoms with Crippen LogP contribution in [0.3, 0.4) is 0 Å². The zero-order valence-corrected chi connectivity index (χ0v) is 19.3. The molecule has 0 aliphatic heterocycles. The van der Waals surface area contributed by atoms with Crippen molar-refractivity contribution in [3.05, 3.63) is 69.9 Å². The molecule has 170 valence electrons. The van der Waals surface area contributed by atoms with Crippen molar-refractivity contribution < 1.29 is 4.74 Å². The molecule has 0 atom stereocenters. The normalized spacial score (nSPS) is 12.5. The first-order valence-electron chi connectivity index (χ1n) is 10.6. The first-order chi connectivity index (χ1) is 15.9. The Labute approximate surface area is 190 Å². The van der Waals surface area contributed by atoms with Crippen molar-refractivity contribution in [2.24, 2.45) is 24.3 Å². The molecule has 33 heavy (non-hydrogen) atoms. The van der Waals surface area contributed by atoms with Crippen LogP contribution in [0.15, 0.2) is 57.7 Å². The maximum absolute atomic E-state index is 12.3. The molecule has 0 fully saturated rings. The summed E-state index contributed by atoms with van der Waals surface area (Å²) in [5, 5.41) is 17.6. The summed E-state index contributed by atoms with van der Waals surface area (Å²) in [6.07, 6.45) is 4.34. The fourth-order valence-corrected chi connectivity index (χ4v) is 3.58. The Morgan fingerprint density at radius 2 is 1.94 bits per heavy atom. The van der Waals surface area contributed by atoms with Crippen molar-refractivity contribution in [1.29, 1.82) is 0 Å². The van der Waals surface area contributed by atoms with Gasteiger partial charge in [-0.05, 0) is 48.0 Å². The summed E-state index contributed by atoms with van der Waals surface area (Å²) in [4.78, 5) is 16.8. The van der Waals surface area contributed by atoms with Crippen LogP contribution >= 0.6 is 0 Å². The number of pyridine rings is 1. The second-order valence-electron chi connectivity index (χ2n) is 7.72. The summed E-state index contributed by atoms with van der Waals surface area (Å²) < 4.78 is 10.4. The van der Waals surface area contributed by atoms with Crippen molar-refractivity contribution in [3.8, 4) is 5.69 Å². The molecule has 0 N–H and O–H groups in total. The van der Waals surface area contributed by atoms with E-state index < -0.39 is 0 Å². The minimum absolute atomic E-state index is 0.227. The number of benzene rings is 1. The second-order valence-corrected chi connectivity index (χ2v) is 7.72. The van der Waals surface area contributed by atoms with Crippen LogP contribution in [-0.2, 0) is 25.4 Å². The van der Waals surface area contributed by atoms with Crippen LogP contribution < -0.4 is 5.69 Å². The lowest BCUT2D eigenvalue weighted by molar-refractivity contribution is 0.282. The van der Waals surface area contributed by atoms with Gasteiger partial charge in [0.15, 0.2) is 0 Å². The third kappa shape index (κ3) is 4.32. The minimum Gasteiger partial charge on any atom is -0.475 e. The lowest BCUT2D eigenvalue weighted by atomic mass is 10.1. The van der Waals surface area contributed by atoms with Gasteiger partial charge in [-0.2, -0.15) is 14.5 Å². The molecule has 10 heteroatoms. The molecule has 0 spiro atoms.